The van der Waals surface area contributed by atoms with Gasteiger partial charge in [0.1, 0.15) is 11.6 Å². The Hall–Kier alpha value is -2.30. The summed E-state index contributed by atoms with van der Waals surface area (Å²) in [7, 11) is 1.33. The zero-order chi connectivity index (χ0) is 18.0. The van der Waals surface area contributed by atoms with Crippen LogP contribution in [0.5, 0.6) is 5.75 Å². The molecular weight excluding hydrogens is 388 g/mol. The van der Waals surface area contributed by atoms with Gasteiger partial charge in [0.25, 0.3) is 0 Å². The second-order valence-electron chi connectivity index (χ2n) is 5.37. The van der Waals surface area contributed by atoms with Crippen LogP contribution in [-0.2, 0) is 37.2 Å². The fraction of sp³-hybridized carbons (Fsp3) is 0.167. The zero-order valence-corrected chi connectivity index (χ0v) is 14.8. The van der Waals surface area contributed by atoms with Gasteiger partial charge in [0, 0.05) is 36.0 Å². The van der Waals surface area contributed by atoms with Crippen molar-refractivity contribution < 1.29 is 39.7 Å². The smallest absolute Gasteiger partial charge is 0.435 e. The van der Waals surface area contributed by atoms with E-state index in [2.05, 4.69) is 11.2 Å². The summed E-state index contributed by atoms with van der Waals surface area (Å²) in [4.78, 5) is 0. The van der Waals surface area contributed by atoms with E-state index in [1.165, 1.54) is 19.2 Å². The van der Waals surface area contributed by atoms with Gasteiger partial charge in [-0.1, -0.05) is 0 Å². The molecule has 2 aromatic carbocycles. The first-order valence-electron chi connectivity index (χ1n) is 7.33. The molecule has 26 heavy (non-hydrogen) atoms. The molecule has 0 aliphatic heterocycles. The first kappa shape index (κ1) is 20.0. The quantitative estimate of drug-likeness (QED) is 0.471. The van der Waals surface area contributed by atoms with Gasteiger partial charge in [0.05, 0.1) is 12.3 Å². The fourth-order valence-corrected chi connectivity index (χ4v) is 2.34. The van der Waals surface area contributed by atoms with E-state index in [1.807, 2.05) is 12.1 Å². The Labute approximate surface area is 158 Å². The molecule has 0 amide bonds. The monoisotopic (exact) mass is 401 g/mol. The van der Waals surface area contributed by atoms with Crippen LogP contribution in [0.25, 0.3) is 11.3 Å². The summed E-state index contributed by atoms with van der Waals surface area (Å²) in [6, 6.07) is 14.8. The maximum absolute atomic E-state index is 14.3. The number of hydrogen-bond acceptors (Lipinski definition) is 2. The minimum Gasteiger partial charge on any atom is -0.491 e. The number of nitrogens with zero attached hydrogens (tertiary/aromatic N) is 2. The Balaban J connectivity index is 0.00000243. The maximum atomic E-state index is 14.3. The first-order chi connectivity index (χ1) is 11.8. The molecule has 0 saturated heterocycles. The second-order valence-corrected chi connectivity index (χ2v) is 5.37. The number of aromatic nitrogens is 2. The molecule has 0 radical (unpaired) electrons. The Morgan fingerprint density at radius 1 is 1.12 bits per heavy atom. The number of aryl methyl sites for hydroxylation is 1. The summed E-state index contributed by atoms with van der Waals surface area (Å²) in [5.74, 6) is -0.400. The molecule has 0 bridgehead atoms. The molecule has 8 heteroatoms. The summed E-state index contributed by atoms with van der Waals surface area (Å²) in [6.07, 6.45) is -4.58. The third kappa shape index (κ3) is 4.45. The second kappa shape index (κ2) is 7.94. The molecule has 1 heterocycles. The van der Waals surface area contributed by atoms with E-state index in [4.69, 9.17) is 4.74 Å². The van der Waals surface area contributed by atoms with Crippen LogP contribution in [0.3, 0.4) is 0 Å². The third-order valence-electron chi connectivity index (χ3n) is 3.58. The van der Waals surface area contributed by atoms with Crippen molar-refractivity contribution in [2.24, 2.45) is 7.05 Å². The normalized spacial score (nSPS) is 11.1. The number of ether oxygens (including phenoxy) is 1. The van der Waals surface area contributed by atoms with Gasteiger partial charge in [-0.2, -0.15) is 48.6 Å². The Kier molecular flexibility index (Phi) is 6.11. The van der Waals surface area contributed by atoms with Crippen LogP contribution in [0.2, 0.25) is 0 Å². The summed E-state index contributed by atoms with van der Waals surface area (Å²) < 4.78 is 59.0. The zero-order valence-electron chi connectivity index (χ0n) is 13.5. The number of hydrogen-bond donors (Lipinski definition) is 0. The first-order valence-corrected chi connectivity index (χ1v) is 7.33. The molecule has 3 aromatic rings. The summed E-state index contributed by atoms with van der Waals surface area (Å²) in [5.41, 5.74) is -0.113. The van der Waals surface area contributed by atoms with Crippen molar-refractivity contribution in [3.8, 4) is 17.0 Å². The minimum atomic E-state index is -4.58. The van der Waals surface area contributed by atoms with Crippen LogP contribution < -0.4 is 4.74 Å². The predicted octanol–water partition coefficient (Wildman–Crippen LogP) is 4.62. The standard InChI is InChI=1S/C18H13F4N2O.Cr/c1-24-16(10-17(23-24)18(20,21)22)14-8-7-13(9-15(14)19)25-11-12-5-3-2-4-6-12;/h3-10H,11H2,1H3;/q-1;. The molecule has 1 aromatic heterocycles. The van der Waals surface area contributed by atoms with E-state index in [-0.39, 0.29) is 41.0 Å². The molecule has 0 aliphatic carbocycles. The van der Waals surface area contributed by atoms with E-state index in [0.29, 0.717) is 0 Å². The van der Waals surface area contributed by atoms with E-state index in [0.717, 1.165) is 22.4 Å². The summed E-state index contributed by atoms with van der Waals surface area (Å²) in [5, 5.41) is 3.39. The van der Waals surface area contributed by atoms with Crippen molar-refractivity contribution in [3.05, 3.63) is 71.7 Å². The molecule has 0 spiro atoms. The van der Waals surface area contributed by atoms with Crippen molar-refractivity contribution in [2.45, 2.75) is 12.8 Å². The number of benzene rings is 2. The van der Waals surface area contributed by atoms with Gasteiger partial charge in [-0.15, -0.1) is 5.56 Å². The Morgan fingerprint density at radius 2 is 1.81 bits per heavy atom. The SMILES string of the molecule is Cn1nc(C(F)(F)F)cc1-c1ccc(OCc2cc[c-]cc2)cc1F.[Cr]. The van der Waals surface area contributed by atoms with E-state index < -0.39 is 17.7 Å². The molecule has 0 unspecified atom stereocenters. The average molecular weight is 401 g/mol. The molecule has 0 atom stereocenters. The molecule has 3 rings (SSSR count). The maximum Gasteiger partial charge on any atom is 0.435 e. The van der Waals surface area contributed by atoms with Crippen molar-refractivity contribution in [1.82, 2.24) is 9.78 Å². The summed E-state index contributed by atoms with van der Waals surface area (Å²) >= 11 is 0. The fourth-order valence-electron chi connectivity index (χ4n) is 2.34. The predicted molar refractivity (Wildman–Crippen MR) is 83.2 cm³/mol. The van der Waals surface area contributed by atoms with Gasteiger partial charge in [0.15, 0.2) is 5.69 Å². The van der Waals surface area contributed by atoms with E-state index >= 15 is 0 Å². The minimum absolute atomic E-state index is 0. The van der Waals surface area contributed by atoms with Crippen molar-refractivity contribution in [2.75, 3.05) is 0 Å². The molecule has 0 fully saturated rings. The molecule has 0 N–H and O–H groups in total. The number of rotatable bonds is 4. The molecule has 0 aliphatic rings. The van der Waals surface area contributed by atoms with E-state index in [1.54, 1.807) is 12.1 Å². The van der Waals surface area contributed by atoms with Crippen molar-refractivity contribution in [3.63, 3.8) is 0 Å². The van der Waals surface area contributed by atoms with Gasteiger partial charge >= 0.3 is 6.18 Å². The van der Waals surface area contributed by atoms with Crippen LogP contribution >= 0.6 is 0 Å². The van der Waals surface area contributed by atoms with Crippen LogP contribution in [0.15, 0.2) is 48.5 Å². The third-order valence-corrected chi connectivity index (χ3v) is 3.58. The van der Waals surface area contributed by atoms with Crippen molar-refractivity contribution >= 4 is 0 Å². The summed E-state index contributed by atoms with van der Waals surface area (Å²) in [6.45, 7) is 0.247. The Morgan fingerprint density at radius 3 is 2.38 bits per heavy atom. The van der Waals surface area contributed by atoms with Gasteiger partial charge in [-0.3, -0.25) is 4.68 Å². The van der Waals surface area contributed by atoms with Crippen molar-refractivity contribution in [1.29, 1.82) is 0 Å². The van der Waals surface area contributed by atoms with Gasteiger partial charge in [-0.25, -0.2) is 4.39 Å². The van der Waals surface area contributed by atoms with Gasteiger partial charge in [-0.05, 0) is 18.2 Å². The Bertz CT molecular complexity index is 879. The average Bonchev–Trinajstić information content (AvgIpc) is 2.96. The topological polar surface area (TPSA) is 27.1 Å². The largest absolute Gasteiger partial charge is 0.491 e. The number of alkyl halides is 3. The van der Waals surface area contributed by atoms with Gasteiger partial charge in [0.2, 0.25) is 0 Å². The van der Waals surface area contributed by atoms with Crippen LogP contribution in [0.1, 0.15) is 11.3 Å². The van der Waals surface area contributed by atoms with Crippen LogP contribution in [-0.4, -0.2) is 9.78 Å². The molecule has 0 saturated carbocycles. The van der Waals surface area contributed by atoms with Gasteiger partial charge < -0.3 is 4.74 Å². The molecular formula is C18H13CrF4N2O-. The van der Waals surface area contributed by atoms with Crippen LogP contribution in [0, 0.1) is 11.9 Å². The number of halogens is 4. The van der Waals surface area contributed by atoms with E-state index in [9.17, 15) is 17.6 Å². The molecule has 136 valence electrons. The van der Waals surface area contributed by atoms with Crippen LogP contribution in [0.4, 0.5) is 17.6 Å². The molecule has 3 nitrogen and oxygen atoms in total.